The van der Waals surface area contributed by atoms with Crippen LogP contribution in [0.3, 0.4) is 0 Å². The van der Waals surface area contributed by atoms with Gasteiger partial charge in [0.05, 0.1) is 48.5 Å². The quantitative estimate of drug-likeness (QED) is 0.0251. The zero-order valence-corrected chi connectivity index (χ0v) is 51.4. The molecule has 0 saturated heterocycles. The molecule has 428 valence electrons. The Bertz CT molecular complexity index is 3310. The molecule has 0 aliphatic heterocycles. The minimum atomic E-state index is -0.374. The van der Waals surface area contributed by atoms with Crippen LogP contribution in [0.25, 0.3) is 43.6 Å². The average Bonchev–Trinajstić information content (AvgIpc) is 4.31. The van der Waals surface area contributed by atoms with E-state index in [-0.39, 0.29) is 34.9 Å². The van der Waals surface area contributed by atoms with Gasteiger partial charge in [0.1, 0.15) is 28.5 Å². The van der Waals surface area contributed by atoms with Crippen molar-refractivity contribution in [1.29, 1.82) is 0 Å². The van der Waals surface area contributed by atoms with Gasteiger partial charge in [-0.25, -0.2) is 19.2 Å². The minimum Gasteiger partial charge on any atom is -0.506 e. The number of benzene rings is 4. The lowest BCUT2D eigenvalue weighted by molar-refractivity contribution is 0.0506. The number of carbonyl (C=O) groups excluding carboxylic acids is 5. The van der Waals surface area contributed by atoms with Gasteiger partial charge in [-0.1, -0.05) is 60.1 Å². The predicted molar refractivity (Wildman–Crippen MR) is 328 cm³/mol. The lowest BCUT2D eigenvalue weighted by atomic mass is 10.2. The first-order valence-electron chi connectivity index (χ1n) is 24.9. The summed E-state index contributed by atoms with van der Waals surface area (Å²) in [7, 11) is 17.8. The molecule has 0 unspecified atom stereocenters. The van der Waals surface area contributed by atoms with Gasteiger partial charge in [0.25, 0.3) is 10.4 Å². The van der Waals surface area contributed by atoms with Crippen molar-refractivity contribution in [3.63, 3.8) is 0 Å². The van der Waals surface area contributed by atoms with Crippen molar-refractivity contribution in [2.24, 2.45) is 28.2 Å². The van der Waals surface area contributed by atoms with Crippen LogP contribution < -0.4 is 4.74 Å². The first kappa shape index (κ1) is 65.3. The third kappa shape index (κ3) is 16.4. The van der Waals surface area contributed by atoms with Crippen molar-refractivity contribution >= 4 is 143 Å². The summed E-state index contributed by atoms with van der Waals surface area (Å²) in [4.78, 5) is 65.7. The van der Waals surface area contributed by atoms with Crippen LogP contribution in [0.5, 0.6) is 11.5 Å². The van der Waals surface area contributed by atoms with Crippen LogP contribution in [0.1, 0.15) is 69.6 Å². The van der Waals surface area contributed by atoms with E-state index in [9.17, 15) is 29.1 Å². The number of amides is 1. The number of thiol groups is 1. The van der Waals surface area contributed by atoms with Crippen molar-refractivity contribution in [2.75, 3.05) is 68.7 Å². The van der Waals surface area contributed by atoms with Gasteiger partial charge >= 0.3 is 23.9 Å². The van der Waals surface area contributed by atoms with Crippen LogP contribution in [-0.4, -0.2) is 146 Å². The van der Waals surface area contributed by atoms with Crippen molar-refractivity contribution in [2.45, 2.75) is 37.5 Å². The number of carbonyl (C=O) groups is 5. The van der Waals surface area contributed by atoms with E-state index in [1.54, 1.807) is 131 Å². The number of para-hydroxylation sites is 4. The first-order valence-corrected chi connectivity index (χ1v) is 27.4. The molecule has 0 saturated carbocycles. The van der Waals surface area contributed by atoms with E-state index in [2.05, 4.69) is 24.8 Å². The number of phenols is 1. The normalized spacial score (nSPS) is 10.4. The van der Waals surface area contributed by atoms with E-state index in [1.807, 2.05) is 92.4 Å². The van der Waals surface area contributed by atoms with Crippen molar-refractivity contribution in [3.8, 4) is 11.5 Å². The Morgan fingerprint density at radius 1 is 0.525 bits per heavy atom. The van der Waals surface area contributed by atoms with Gasteiger partial charge in [0.2, 0.25) is 0 Å². The number of aromatic nitrogens is 4. The molecule has 8 rings (SSSR count). The van der Waals surface area contributed by atoms with Crippen LogP contribution in [0.2, 0.25) is 0 Å². The fourth-order valence-corrected chi connectivity index (χ4v) is 9.01. The van der Waals surface area contributed by atoms with E-state index in [4.69, 9.17) is 47.5 Å². The first-order chi connectivity index (χ1) is 37.8. The van der Waals surface area contributed by atoms with Crippen molar-refractivity contribution < 1.29 is 52.8 Å². The van der Waals surface area contributed by atoms with Gasteiger partial charge in [-0.05, 0) is 112 Å². The smallest absolute Gasteiger partial charge is 0.354 e. The molecule has 0 atom stereocenters. The highest BCUT2D eigenvalue weighted by atomic mass is 35.5. The fraction of sp³-hybridized carbons (Fsp3) is 0.316. The molecule has 4 aromatic carbocycles. The molecule has 0 bridgehead atoms. The Hall–Kier alpha value is -7.24. The molecule has 4 aromatic heterocycles. The summed E-state index contributed by atoms with van der Waals surface area (Å²) in [6, 6.07) is 29.4. The topological polar surface area (TPSA) is 181 Å². The number of nitrogens with zero attached hydrogens (tertiary/aromatic N) is 7. The Labute approximate surface area is 491 Å². The molecule has 23 heteroatoms. The lowest BCUT2D eigenvalue weighted by Crippen LogP contribution is -2.25. The number of thiocarbonyl (C=S) groups is 2. The molecular formula is C57H68ClN7O11S4. The number of fused-ring (bicyclic) bond motifs is 4. The average molecular weight is 1190 g/mol. The maximum Gasteiger partial charge on any atom is 0.354 e. The molecule has 18 nitrogen and oxygen atoms in total. The predicted octanol–water partition coefficient (Wildman–Crippen LogP) is 11.5. The largest absolute Gasteiger partial charge is 0.506 e. The highest BCUT2D eigenvalue weighted by molar-refractivity contribution is 8.13. The standard InChI is InChI=1S/2C15H18N2O3S.C12H13NO3.C12H13NO2S.C3H6ClNS/c1-5-20-14(18)11-9-10-7-6-8-12(13(10)17(11)4)21-15(19)16(2)3;1-5-19-14(18)11-9-10-7-6-8-12(13(10)17(11)4)20-15(21)16(2)3;1-3-16-12(15)9-7-8-5-4-6-10(14)11(8)13(9)2;1-3-15-12(14)9-7-8-5-4-6-10(16)11(8)13(9)2;1-5(2)3(4)6/h2*6-9H,5H2,1-4H3;4-7,14H,3H2,1-2H3;4-7,16H,3H2,1-2H3;1-2H3. The number of ether oxygens (including phenoxy) is 5. The van der Waals surface area contributed by atoms with E-state index >= 15 is 0 Å². The zero-order valence-electron chi connectivity index (χ0n) is 47.3. The third-order valence-electron chi connectivity index (χ3n) is 11.5. The number of esters is 4. The van der Waals surface area contributed by atoms with Gasteiger partial charge in [-0.15, -0.1) is 12.6 Å². The van der Waals surface area contributed by atoms with Crippen LogP contribution in [0.15, 0.2) is 107 Å². The molecule has 0 aliphatic rings. The van der Waals surface area contributed by atoms with Gasteiger partial charge in [0.15, 0.2) is 10.2 Å². The Morgan fingerprint density at radius 2 is 0.875 bits per heavy atom. The Kier molecular flexibility index (Phi) is 24.8. The number of phenolic OH excluding ortho intramolecular Hbond substituents is 1. The van der Waals surface area contributed by atoms with E-state index in [1.165, 1.54) is 4.90 Å². The highest BCUT2D eigenvalue weighted by Gasteiger charge is 2.21. The van der Waals surface area contributed by atoms with Gasteiger partial charge < -0.3 is 61.8 Å². The lowest BCUT2D eigenvalue weighted by Gasteiger charge is -2.15. The molecule has 80 heavy (non-hydrogen) atoms. The molecule has 1 N–H and O–H groups in total. The SMILES string of the molecule is CCOC(=O)c1cc2cccc(O)c2n1C.CCOC(=O)c1cc2cccc(OC(=S)N(C)C)c2n1C.CCOC(=O)c1cc2cccc(S)c2n1C.CCOC(=O)c1cc2cccc(SC(=O)N(C)C)c2n1C.CN(C)C(=S)Cl. The Balaban J connectivity index is 0.000000223. The summed E-state index contributed by atoms with van der Waals surface area (Å²) in [5.41, 5.74) is 5.23. The van der Waals surface area contributed by atoms with E-state index < -0.39 is 0 Å². The van der Waals surface area contributed by atoms with Crippen molar-refractivity contribution in [1.82, 2.24) is 33.0 Å². The highest BCUT2D eigenvalue weighted by Crippen LogP contribution is 2.33. The number of thioether (sulfide) groups is 1. The summed E-state index contributed by atoms with van der Waals surface area (Å²) in [6.45, 7) is 8.51. The third-order valence-corrected chi connectivity index (χ3v) is 14.1. The molecule has 0 aliphatic carbocycles. The number of aryl methyl sites for hydroxylation is 4. The maximum absolute atomic E-state index is 12.0. The second-order valence-corrected chi connectivity index (χ2v) is 20.5. The number of aromatic hydroxyl groups is 1. The summed E-state index contributed by atoms with van der Waals surface area (Å²) >= 11 is 20.5. The van der Waals surface area contributed by atoms with Crippen LogP contribution in [0, 0.1) is 0 Å². The second-order valence-electron chi connectivity index (χ2n) is 17.7. The zero-order chi connectivity index (χ0) is 59.7. The number of halogens is 1. The van der Waals surface area contributed by atoms with Crippen LogP contribution >= 0.6 is 60.4 Å². The summed E-state index contributed by atoms with van der Waals surface area (Å²) in [5.74, 6) is -0.599. The fourth-order valence-electron chi connectivity index (χ4n) is 7.69. The summed E-state index contributed by atoms with van der Waals surface area (Å²) in [6.07, 6.45) is 0. The Morgan fingerprint density at radius 3 is 1.26 bits per heavy atom. The molecule has 1 amide bonds. The molecule has 0 fully saturated rings. The second kappa shape index (κ2) is 30.4. The number of hydrogen-bond donors (Lipinski definition) is 2. The monoisotopic (exact) mass is 1190 g/mol. The van der Waals surface area contributed by atoms with E-state index in [0.717, 1.165) is 59.6 Å². The van der Waals surface area contributed by atoms with Crippen LogP contribution in [0.4, 0.5) is 4.79 Å². The number of hydrogen-bond acceptors (Lipinski definition) is 15. The maximum atomic E-state index is 12.0. The number of rotatable bonds is 10. The van der Waals surface area contributed by atoms with Crippen molar-refractivity contribution in [3.05, 3.63) is 120 Å². The van der Waals surface area contributed by atoms with Gasteiger partial charge in [-0.3, -0.25) is 4.79 Å². The molecule has 8 aromatic rings. The molecule has 0 radical (unpaired) electrons. The minimum absolute atomic E-state index is 0.0543. The molecule has 0 spiro atoms. The molecule has 4 heterocycles. The summed E-state index contributed by atoms with van der Waals surface area (Å²) < 4.78 is 33.2. The van der Waals surface area contributed by atoms with Gasteiger partial charge in [0, 0.05) is 102 Å². The molecular weight excluding hydrogens is 1120 g/mol. The summed E-state index contributed by atoms with van der Waals surface area (Å²) in [5, 5.41) is 13.7. The van der Waals surface area contributed by atoms with Gasteiger partial charge in [-0.2, -0.15) is 0 Å². The van der Waals surface area contributed by atoms with E-state index in [0.29, 0.717) is 70.1 Å². The van der Waals surface area contributed by atoms with Crippen LogP contribution in [-0.2, 0) is 47.1 Å².